The van der Waals surface area contributed by atoms with Crippen molar-refractivity contribution in [2.24, 2.45) is 0 Å². The van der Waals surface area contributed by atoms with Crippen LogP contribution in [0.1, 0.15) is 22.3 Å². The molecule has 1 N–H and O–H groups in total. The summed E-state index contributed by atoms with van der Waals surface area (Å²) in [6, 6.07) is 11.7. The van der Waals surface area contributed by atoms with Crippen molar-refractivity contribution in [1.82, 2.24) is 9.80 Å². The van der Waals surface area contributed by atoms with Gasteiger partial charge in [-0.2, -0.15) is 13.2 Å². The van der Waals surface area contributed by atoms with E-state index in [1.807, 2.05) is 4.90 Å². The maximum Gasteiger partial charge on any atom is 0.418 e. The number of nitrogens with one attached hydrogen (secondary N) is 1. The van der Waals surface area contributed by atoms with Gasteiger partial charge in [0, 0.05) is 26.2 Å². The first-order valence-corrected chi connectivity index (χ1v) is 9.86. The van der Waals surface area contributed by atoms with Crippen molar-refractivity contribution < 1.29 is 22.8 Å². The Hall–Kier alpha value is -2.58. The van der Waals surface area contributed by atoms with Gasteiger partial charge in [-0.25, -0.2) is 0 Å². The zero-order valence-corrected chi connectivity index (χ0v) is 16.8. The first-order valence-electron chi connectivity index (χ1n) is 9.48. The number of carbonyl (C=O) groups excluding carboxylic acids is 2. The third-order valence-electron chi connectivity index (χ3n) is 4.85. The van der Waals surface area contributed by atoms with Crippen molar-refractivity contribution in [2.45, 2.75) is 12.6 Å². The maximum atomic E-state index is 13.1. The highest BCUT2D eigenvalue weighted by atomic mass is 35.5. The van der Waals surface area contributed by atoms with Crippen LogP contribution in [0.5, 0.6) is 0 Å². The van der Waals surface area contributed by atoms with Crippen LogP contribution in [0.25, 0.3) is 0 Å². The van der Waals surface area contributed by atoms with Gasteiger partial charge in [0.25, 0.3) is 5.91 Å². The molecule has 0 unspecified atom stereocenters. The Labute approximate surface area is 177 Å². The van der Waals surface area contributed by atoms with Gasteiger partial charge in [-0.05, 0) is 30.7 Å². The molecule has 1 aliphatic rings. The van der Waals surface area contributed by atoms with Gasteiger partial charge in [-0.3, -0.25) is 14.5 Å². The quantitative estimate of drug-likeness (QED) is 0.778. The van der Waals surface area contributed by atoms with Crippen LogP contribution in [0.4, 0.5) is 18.9 Å². The highest BCUT2D eigenvalue weighted by Crippen LogP contribution is 2.34. The number of para-hydroxylation sites is 1. The van der Waals surface area contributed by atoms with E-state index in [1.165, 1.54) is 18.2 Å². The van der Waals surface area contributed by atoms with Gasteiger partial charge in [0.2, 0.25) is 5.91 Å². The summed E-state index contributed by atoms with van der Waals surface area (Å²) in [5.41, 5.74) is -0.722. The lowest BCUT2D eigenvalue weighted by molar-refractivity contribution is -0.137. The smallest absolute Gasteiger partial charge is 0.337 e. The van der Waals surface area contributed by atoms with Crippen LogP contribution >= 0.6 is 11.6 Å². The highest BCUT2D eigenvalue weighted by molar-refractivity contribution is 6.33. The molecule has 0 radical (unpaired) electrons. The van der Waals surface area contributed by atoms with Crippen molar-refractivity contribution in [3.05, 3.63) is 64.7 Å². The molecule has 3 rings (SSSR count). The van der Waals surface area contributed by atoms with E-state index in [-0.39, 0.29) is 18.1 Å². The Balaban J connectivity index is 1.58. The molecule has 2 amide bonds. The standard InChI is InChI=1S/C21H21ClF3N3O2/c22-17-8-3-1-6-15(17)20(30)28-11-5-10-27(12-13-28)14-19(29)26-18-9-4-2-7-16(18)21(23,24)25/h1-4,6-9H,5,10-14H2,(H,26,29). The first-order chi connectivity index (χ1) is 14.3. The van der Waals surface area contributed by atoms with E-state index in [1.54, 1.807) is 29.2 Å². The van der Waals surface area contributed by atoms with E-state index in [0.717, 1.165) is 6.07 Å². The number of amides is 2. The van der Waals surface area contributed by atoms with Crippen molar-refractivity contribution in [3.63, 3.8) is 0 Å². The summed E-state index contributed by atoms with van der Waals surface area (Å²) in [5.74, 6) is -0.705. The molecule has 1 fully saturated rings. The lowest BCUT2D eigenvalue weighted by Gasteiger charge is -2.22. The largest absolute Gasteiger partial charge is 0.418 e. The molecule has 2 aromatic rings. The third-order valence-corrected chi connectivity index (χ3v) is 5.18. The van der Waals surface area contributed by atoms with Gasteiger partial charge in [0.05, 0.1) is 28.4 Å². The van der Waals surface area contributed by atoms with Crippen LogP contribution in [0.2, 0.25) is 5.02 Å². The summed E-state index contributed by atoms with van der Waals surface area (Å²) < 4.78 is 39.3. The van der Waals surface area contributed by atoms with E-state index in [2.05, 4.69) is 5.32 Å². The van der Waals surface area contributed by atoms with Crippen molar-refractivity contribution in [2.75, 3.05) is 38.0 Å². The van der Waals surface area contributed by atoms with E-state index in [0.29, 0.717) is 43.2 Å². The van der Waals surface area contributed by atoms with E-state index in [9.17, 15) is 22.8 Å². The molecule has 0 spiro atoms. The number of halogens is 4. The number of nitrogens with zero attached hydrogens (tertiary/aromatic N) is 2. The Bertz CT molecular complexity index is 920. The second kappa shape index (κ2) is 9.49. The molecule has 0 atom stereocenters. The lowest BCUT2D eigenvalue weighted by Crippen LogP contribution is -2.38. The van der Waals surface area contributed by atoms with Crippen LogP contribution in [-0.2, 0) is 11.0 Å². The average molecular weight is 440 g/mol. The van der Waals surface area contributed by atoms with Crippen LogP contribution in [0.3, 0.4) is 0 Å². The summed E-state index contributed by atoms with van der Waals surface area (Å²) in [4.78, 5) is 28.6. The topological polar surface area (TPSA) is 52.7 Å². The summed E-state index contributed by atoms with van der Waals surface area (Å²) in [6.45, 7) is 1.85. The van der Waals surface area contributed by atoms with E-state index >= 15 is 0 Å². The number of anilines is 1. The molecular formula is C21H21ClF3N3O2. The van der Waals surface area contributed by atoms with Crippen molar-refractivity contribution in [3.8, 4) is 0 Å². The van der Waals surface area contributed by atoms with Crippen molar-refractivity contribution in [1.29, 1.82) is 0 Å². The number of alkyl halides is 3. The monoisotopic (exact) mass is 439 g/mol. The summed E-state index contributed by atoms with van der Waals surface area (Å²) in [5, 5.41) is 2.73. The number of rotatable bonds is 4. The fourth-order valence-corrected chi connectivity index (χ4v) is 3.59. The molecule has 160 valence electrons. The summed E-state index contributed by atoms with van der Waals surface area (Å²) >= 11 is 6.11. The van der Waals surface area contributed by atoms with E-state index < -0.39 is 17.6 Å². The lowest BCUT2D eigenvalue weighted by atomic mass is 10.1. The van der Waals surface area contributed by atoms with Crippen LogP contribution in [0.15, 0.2) is 48.5 Å². The SMILES string of the molecule is O=C(CN1CCCN(C(=O)c2ccccc2Cl)CC1)Nc1ccccc1C(F)(F)F. The normalized spacial score (nSPS) is 15.5. The second-order valence-electron chi connectivity index (χ2n) is 6.99. The predicted octanol–water partition coefficient (Wildman–Crippen LogP) is 4.15. The van der Waals surface area contributed by atoms with Gasteiger partial charge < -0.3 is 10.2 Å². The first kappa shape index (κ1) is 22.1. The Morgan fingerprint density at radius 3 is 2.40 bits per heavy atom. The number of hydrogen-bond acceptors (Lipinski definition) is 3. The molecule has 1 saturated heterocycles. The summed E-state index contributed by atoms with van der Waals surface area (Å²) in [6.07, 6.45) is -3.91. The predicted molar refractivity (Wildman–Crippen MR) is 108 cm³/mol. The molecule has 1 aliphatic heterocycles. The highest BCUT2D eigenvalue weighted by Gasteiger charge is 2.33. The number of carbonyl (C=O) groups is 2. The fraction of sp³-hybridized carbons (Fsp3) is 0.333. The van der Waals surface area contributed by atoms with Gasteiger partial charge in [-0.15, -0.1) is 0 Å². The van der Waals surface area contributed by atoms with Gasteiger partial charge >= 0.3 is 6.18 Å². The Morgan fingerprint density at radius 2 is 1.67 bits per heavy atom. The number of benzene rings is 2. The molecule has 30 heavy (non-hydrogen) atoms. The molecule has 9 heteroatoms. The minimum absolute atomic E-state index is 0.0552. The zero-order valence-electron chi connectivity index (χ0n) is 16.1. The molecule has 0 aliphatic carbocycles. The Kier molecular flexibility index (Phi) is 6.99. The molecule has 5 nitrogen and oxygen atoms in total. The number of hydrogen-bond donors (Lipinski definition) is 1. The second-order valence-corrected chi connectivity index (χ2v) is 7.40. The molecule has 0 bridgehead atoms. The minimum atomic E-state index is -4.55. The third kappa shape index (κ3) is 5.52. The van der Waals surface area contributed by atoms with Crippen molar-refractivity contribution >= 4 is 29.1 Å². The van der Waals surface area contributed by atoms with Crippen LogP contribution < -0.4 is 5.32 Å². The Morgan fingerprint density at radius 1 is 0.967 bits per heavy atom. The van der Waals surface area contributed by atoms with E-state index in [4.69, 9.17) is 11.6 Å². The van der Waals surface area contributed by atoms with Crippen LogP contribution in [-0.4, -0.2) is 54.3 Å². The zero-order chi connectivity index (χ0) is 21.7. The molecule has 1 heterocycles. The van der Waals surface area contributed by atoms with Crippen LogP contribution in [0, 0.1) is 0 Å². The molecule has 0 saturated carbocycles. The molecule has 0 aromatic heterocycles. The van der Waals surface area contributed by atoms with Gasteiger partial charge in [0.1, 0.15) is 0 Å². The summed E-state index contributed by atoms with van der Waals surface area (Å²) in [7, 11) is 0. The van der Waals surface area contributed by atoms with Gasteiger partial charge in [-0.1, -0.05) is 35.9 Å². The fourth-order valence-electron chi connectivity index (χ4n) is 3.37. The molecule has 2 aromatic carbocycles. The minimum Gasteiger partial charge on any atom is -0.337 e. The van der Waals surface area contributed by atoms with Gasteiger partial charge in [0.15, 0.2) is 0 Å². The maximum absolute atomic E-state index is 13.1. The average Bonchev–Trinajstić information content (AvgIpc) is 2.93. The molecular weight excluding hydrogens is 419 g/mol.